The van der Waals surface area contributed by atoms with Crippen molar-refractivity contribution in [1.29, 1.82) is 0 Å². The van der Waals surface area contributed by atoms with Gasteiger partial charge >= 0.3 is 0 Å². The molecule has 2 aromatic rings. The van der Waals surface area contributed by atoms with Crippen molar-refractivity contribution >= 4 is 5.91 Å². The van der Waals surface area contributed by atoms with E-state index in [1.165, 1.54) is 6.07 Å². The second kappa shape index (κ2) is 8.27. The van der Waals surface area contributed by atoms with Crippen LogP contribution in [0.4, 0.5) is 4.39 Å². The van der Waals surface area contributed by atoms with Crippen LogP contribution in [0.25, 0.3) is 0 Å². The molecule has 0 aliphatic carbocycles. The number of rotatable bonds is 6. The molecule has 0 aromatic heterocycles. The van der Waals surface area contributed by atoms with E-state index in [4.69, 9.17) is 4.74 Å². The third kappa shape index (κ3) is 3.85. The molecule has 26 heavy (non-hydrogen) atoms. The quantitative estimate of drug-likeness (QED) is 0.628. The Labute approximate surface area is 151 Å². The zero-order valence-electron chi connectivity index (χ0n) is 14.5. The number of benzene rings is 2. The SMILES string of the molecule is COc1cc(C(=O)NC(CO)c2ccccc2F)ccc1C1CNNC1. The fraction of sp³-hybridized carbons (Fsp3) is 0.316. The van der Waals surface area contributed by atoms with Crippen molar-refractivity contribution in [2.24, 2.45) is 0 Å². The summed E-state index contributed by atoms with van der Waals surface area (Å²) in [6, 6.07) is 10.5. The minimum Gasteiger partial charge on any atom is -0.496 e. The summed E-state index contributed by atoms with van der Waals surface area (Å²) in [5.41, 5.74) is 7.78. The largest absolute Gasteiger partial charge is 0.496 e. The predicted molar refractivity (Wildman–Crippen MR) is 95.4 cm³/mol. The summed E-state index contributed by atoms with van der Waals surface area (Å²) >= 11 is 0. The van der Waals surface area contributed by atoms with Gasteiger partial charge in [-0.1, -0.05) is 24.3 Å². The van der Waals surface area contributed by atoms with E-state index in [0.717, 1.165) is 18.7 Å². The van der Waals surface area contributed by atoms with E-state index in [2.05, 4.69) is 16.2 Å². The van der Waals surface area contributed by atoms with Crippen molar-refractivity contribution in [3.63, 3.8) is 0 Å². The zero-order valence-corrected chi connectivity index (χ0v) is 14.5. The lowest BCUT2D eigenvalue weighted by Crippen LogP contribution is -2.31. The fourth-order valence-electron chi connectivity index (χ4n) is 3.09. The molecular formula is C19H22FN3O3. The Bertz CT molecular complexity index is 778. The summed E-state index contributed by atoms with van der Waals surface area (Å²) in [6.45, 7) is 1.16. The first-order valence-electron chi connectivity index (χ1n) is 8.43. The van der Waals surface area contributed by atoms with Crippen LogP contribution in [0.2, 0.25) is 0 Å². The molecule has 138 valence electrons. The normalized spacial score (nSPS) is 15.7. The molecule has 1 saturated heterocycles. The number of nitrogens with one attached hydrogen (secondary N) is 3. The van der Waals surface area contributed by atoms with Crippen LogP contribution < -0.4 is 20.9 Å². The van der Waals surface area contributed by atoms with E-state index < -0.39 is 24.4 Å². The van der Waals surface area contributed by atoms with Gasteiger partial charge in [-0.3, -0.25) is 15.6 Å². The Balaban J connectivity index is 1.79. The van der Waals surface area contributed by atoms with Gasteiger partial charge in [0.15, 0.2) is 0 Å². The number of carbonyl (C=O) groups is 1. The predicted octanol–water partition coefficient (Wildman–Crippen LogP) is 1.49. The first-order chi connectivity index (χ1) is 12.6. The van der Waals surface area contributed by atoms with Gasteiger partial charge in [-0.25, -0.2) is 4.39 Å². The molecule has 0 bridgehead atoms. The average Bonchev–Trinajstić information content (AvgIpc) is 3.20. The number of hydrazine groups is 1. The average molecular weight is 359 g/mol. The molecule has 7 heteroatoms. The Morgan fingerprint density at radius 1 is 1.31 bits per heavy atom. The van der Waals surface area contributed by atoms with Gasteiger partial charge in [0.25, 0.3) is 5.91 Å². The molecule has 6 nitrogen and oxygen atoms in total. The van der Waals surface area contributed by atoms with Crippen molar-refractivity contribution in [3.05, 3.63) is 65.0 Å². The minimum absolute atomic E-state index is 0.245. The van der Waals surface area contributed by atoms with Crippen molar-refractivity contribution in [1.82, 2.24) is 16.2 Å². The summed E-state index contributed by atoms with van der Waals surface area (Å²) in [5.74, 6) is 0.00564. The van der Waals surface area contributed by atoms with Gasteiger partial charge in [-0.2, -0.15) is 0 Å². The van der Waals surface area contributed by atoms with Crippen molar-refractivity contribution in [2.45, 2.75) is 12.0 Å². The van der Waals surface area contributed by atoms with Crippen LogP contribution in [0.15, 0.2) is 42.5 Å². The number of carbonyl (C=O) groups excluding carboxylic acids is 1. The van der Waals surface area contributed by atoms with Crippen molar-refractivity contribution < 1.29 is 19.0 Å². The fourth-order valence-corrected chi connectivity index (χ4v) is 3.09. The lowest BCUT2D eigenvalue weighted by molar-refractivity contribution is 0.0914. The number of methoxy groups -OCH3 is 1. The smallest absolute Gasteiger partial charge is 0.251 e. The summed E-state index contributed by atoms with van der Waals surface area (Å²) in [6.07, 6.45) is 0. The number of halogens is 1. The lowest BCUT2D eigenvalue weighted by Gasteiger charge is -2.19. The van der Waals surface area contributed by atoms with Crippen LogP contribution in [0, 0.1) is 5.82 Å². The number of amides is 1. The number of hydrogen-bond acceptors (Lipinski definition) is 5. The highest BCUT2D eigenvalue weighted by Crippen LogP contribution is 2.29. The molecule has 1 fully saturated rings. The van der Waals surface area contributed by atoms with E-state index in [1.807, 2.05) is 6.07 Å². The monoisotopic (exact) mass is 359 g/mol. The molecule has 2 aromatic carbocycles. The summed E-state index contributed by atoms with van der Waals surface area (Å²) in [7, 11) is 1.56. The van der Waals surface area contributed by atoms with Crippen LogP contribution >= 0.6 is 0 Å². The maximum Gasteiger partial charge on any atom is 0.251 e. The Kier molecular flexibility index (Phi) is 5.82. The Hall–Kier alpha value is -2.48. The van der Waals surface area contributed by atoms with E-state index in [-0.39, 0.29) is 11.5 Å². The summed E-state index contributed by atoms with van der Waals surface area (Å²) in [5, 5.41) is 12.2. The highest BCUT2D eigenvalue weighted by molar-refractivity contribution is 5.95. The molecule has 0 radical (unpaired) electrons. The molecule has 1 amide bonds. The first kappa shape index (κ1) is 18.3. The molecule has 0 saturated carbocycles. The van der Waals surface area contributed by atoms with Crippen molar-refractivity contribution in [3.8, 4) is 5.75 Å². The van der Waals surface area contributed by atoms with Gasteiger partial charge in [0.2, 0.25) is 0 Å². The van der Waals surface area contributed by atoms with Crippen LogP contribution in [0.1, 0.15) is 33.4 Å². The molecular weight excluding hydrogens is 337 g/mol. The number of ether oxygens (including phenoxy) is 1. The number of aliphatic hydroxyl groups is 1. The molecule has 1 unspecified atom stereocenters. The van der Waals surface area contributed by atoms with Gasteiger partial charge < -0.3 is 15.2 Å². The number of hydrogen-bond donors (Lipinski definition) is 4. The maximum atomic E-state index is 13.9. The van der Waals surface area contributed by atoms with E-state index >= 15 is 0 Å². The van der Waals surface area contributed by atoms with Gasteiger partial charge in [0.1, 0.15) is 11.6 Å². The van der Waals surface area contributed by atoms with Crippen LogP contribution in [-0.2, 0) is 0 Å². The second-order valence-corrected chi connectivity index (χ2v) is 6.15. The topological polar surface area (TPSA) is 82.6 Å². The van der Waals surface area contributed by atoms with Crippen LogP contribution in [0.5, 0.6) is 5.75 Å². The second-order valence-electron chi connectivity index (χ2n) is 6.15. The first-order valence-corrected chi connectivity index (χ1v) is 8.43. The van der Waals surface area contributed by atoms with E-state index in [0.29, 0.717) is 11.3 Å². The molecule has 4 N–H and O–H groups in total. The molecule has 1 aliphatic rings. The summed E-state index contributed by atoms with van der Waals surface area (Å²) < 4.78 is 19.4. The zero-order chi connectivity index (χ0) is 18.5. The molecule has 1 atom stereocenters. The third-order valence-corrected chi connectivity index (χ3v) is 4.53. The highest BCUT2D eigenvalue weighted by atomic mass is 19.1. The third-order valence-electron chi connectivity index (χ3n) is 4.53. The van der Waals surface area contributed by atoms with E-state index in [9.17, 15) is 14.3 Å². The number of aliphatic hydroxyl groups excluding tert-OH is 1. The molecule has 1 heterocycles. The van der Waals surface area contributed by atoms with Gasteiger partial charge in [-0.05, 0) is 23.8 Å². The van der Waals surface area contributed by atoms with E-state index in [1.54, 1.807) is 37.4 Å². The molecule has 3 rings (SSSR count). The van der Waals surface area contributed by atoms with Crippen LogP contribution in [0.3, 0.4) is 0 Å². The van der Waals surface area contributed by atoms with Crippen molar-refractivity contribution in [2.75, 3.05) is 26.8 Å². The van der Waals surface area contributed by atoms with Gasteiger partial charge in [0.05, 0.1) is 19.8 Å². The van der Waals surface area contributed by atoms with Gasteiger partial charge in [-0.15, -0.1) is 0 Å². The summed E-state index contributed by atoms with van der Waals surface area (Å²) in [4.78, 5) is 12.6. The van der Waals surface area contributed by atoms with Crippen LogP contribution in [-0.4, -0.2) is 37.8 Å². The maximum absolute atomic E-state index is 13.9. The van der Waals surface area contributed by atoms with Gasteiger partial charge in [0, 0.05) is 30.1 Å². The lowest BCUT2D eigenvalue weighted by atomic mass is 9.97. The standard InChI is InChI=1S/C19H22FN3O3/c1-26-18-8-12(6-7-14(18)13-9-21-22-10-13)19(25)23-17(11-24)15-4-2-3-5-16(15)20/h2-8,13,17,21-22,24H,9-11H2,1H3,(H,23,25). The highest BCUT2D eigenvalue weighted by Gasteiger charge is 2.22. The molecule has 1 aliphatic heterocycles. The Morgan fingerprint density at radius 2 is 2.04 bits per heavy atom. The minimum atomic E-state index is -0.822. The molecule has 0 spiro atoms. The Morgan fingerprint density at radius 3 is 2.69 bits per heavy atom.